The van der Waals surface area contributed by atoms with Gasteiger partial charge >= 0.3 is 0 Å². The highest BCUT2D eigenvalue weighted by atomic mass is 19.3. The molecule has 4 nitrogen and oxygen atoms in total. The summed E-state index contributed by atoms with van der Waals surface area (Å²) in [6, 6.07) is -0.666. The summed E-state index contributed by atoms with van der Waals surface area (Å²) in [5, 5.41) is 0. The first kappa shape index (κ1) is 13.3. The monoisotopic (exact) mass is 235 g/mol. The third-order valence-corrected chi connectivity index (χ3v) is 2.77. The fraction of sp³-hybridized carbons (Fsp3) is 0.900. The standard InChI is InChI=1S/C10H19F2N3O/c11-10(12)4-6-15(7-10)9(16)8(14)3-1-2-5-13/h8H,1-7,13-14H2. The highest BCUT2D eigenvalue weighted by Crippen LogP contribution is 2.27. The molecule has 1 rings (SSSR count). The van der Waals surface area contributed by atoms with Crippen LogP contribution in [0.5, 0.6) is 0 Å². The fourth-order valence-corrected chi connectivity index (χ4v) is 1.79. The zero-order chi connectivity index (χ0) is 12.2. The zero-order valence-electron chi connectivity index (χ0n) is 9.29. The average Bonchev–Trinajstić information content (AvgIpc) is 2.58. The maximum absolute atomic E-state index is 12.9. The van der Waals surface area contributed by atoms with Crippen LogP contribution < -0.4 is 11.5 Å². The lowest BCUT2D eigenvalue weighted by molar-refractivity contribution is -0.133. The van der Waals surface area contributed by atoms with Crippen molar-refractivity contribution in [2.24, 2.45) is 11.5 Å². The van der Waals surface area contributed by atoms with Crippen molar-refractivity contribution >= 4 is 5.91 Å². The van der Waals surface area contributed by atoms with E-state index in [0.29, 0.717) is 13.0 Å². The molecule has 1 atom stereocenters. The van der Waals surface area contributed by atoms with Crippen LogP contribution in [0.25, 0.3) is 0 Å². The number of unbranched alkanes of at least 4 members (excludes halogenated alkanes) is 1. The minimum Gasteiger partial charge on any atom is -0.335 e. The van der Waals surface area contributed by atoms with E-state index in [-0.39, 0.29) is 18.9 Å². The van der Waals surface area contributed by atoms with Crippen LogP contribution in [0, 0.1) is 0 Å². The van der Waals surface area contributed by atoms with Gasteiger partial charge in [0, 0.05) is 13.0 Å². The Labute approximate surface area is 94.0 Å². The number of hydrogen-bond donors (Lipinski definition) is 2. The normalized spacial score (nSPS) is 21.1. The zero-order valence-corrected chi connectivity index (χ0v) is 9.29. The molecule has 1 saturated heterocycles. The predicted molar refractivity (Wildman–Crippen MR) is 57.0 cm³/mol. The minimum absolute atomic E-state index is 0.108. The summed E-state index contributed by atoms with van der Waals surface area (Å²) in [6.45, 7) is 0.176. The van der Waals surface area contributed by atoms with E-state index in [9.17, 15) is 13.6 Å². The van der Waals surface area contributed by atoms with Crippen LogP contribution in [0.15, 0.2) is 0 Å². The predicted octanol–water partition coefficient (Wildman–Crippen LogP) is 0.310. The maximum atomic E-state index is 12.9. The number of carbonyl (C=O) groups is 1. The Morgan fingerprint density at radius 2 is 2.12 bits per heavy atom. The van der Waals surface area contributed by atoms with Gasteiger partial charge in [-0.3, -0.25) is 4.79 Å². The number of amides is 1. The number of carbonyl (C=O) groups excluding carboxylic acids is 1. The van der Waals surface area contributed by atoms with E-state index >= 15 is 0 Å². The molecular weight excluding hydrogens is 216 g/mol. The first-order valence-corrected chi connectivity index (χ1v) is 5.58. The number of hydrogen-bond acceptors (Lipinski definition) is 3. The van der Waals surface area contributed by atoms with Crippen LogP contribution in [0.4, 0.5) is 8.78 Å². The number of nitrogens with zero attached hydrogens (tertiary/aromatic N) is 1. The Hall–Kier alpha value is -0.750. The van der Waals surface area contributed by atoms with Gasteiger partial charge in [-0.2, -0.15) is 0 Å². The Bertz CT molecular complexity index is 248. The summed E-state index contributed by atoms with van der Waals surface area (Å²) in [5.74, 6) is -3.11. The molecule has 1 aliphatic rings. The molecule has 1 unspecified atom stereocenters. The summed E-state index contributed by atoms with van der Waals surface area (Å²) in [6.07, 6.45) is 1.82. The summed E-state index contributed by atoms with van der Waals surface area (Å²) < 4.78 is 25.7. The first-order chi connectivity index (χ1) is 7.46. The lowest BCUT2D eigenvalue weighted by Crippen LogP contribution is -2.43. The Morgan fingerprint density at radius 3 is 2.62 bits per heavy atom. The van der Waals surface area contributed by atoms with Crippen LogP contribution in [-0.2, 0) is 4.79 Å². The summed E-state index contributed by atoms with van der Waals surface area (Å²) in [7, 11) is 0. The second kappa shape index (κ2) is 5.54. The topological polar surface area (TPSA) is 72.3 Å². The lowest BCUT2D eigenvalue weighted by atomic mass is 10.1. The van der Waals surface area contributed by atoms with Crippen LogP contribution in [-0.4, -0.2) is 42.4 Å². The third kappa shape index (κ3) is 3.68. The number of likely N-dealkylation sites (tertiary alicyclic amines) is 1. The Morgan fingerprint density at radius 1 is 1.44 bits per heavy atom. The highest BCUT2D eigenvalue weighted by Gasteiger charge is 2.41. The molecule has 16 heavy (non-hydrogen) atoms. The van der Waals surface area contributed by atoms with Gasteiger partial charge in [0.15, 0.2) is 0 Å². The van der Waals surface area contributed by atoms with Crippen molar-refractivity contribution in [3.05, 3.63) is 0 Å². The summed E-state index contributed by atoms with van der Waals surface area (Å²) >= 11 is 0. The smallest absolute Gasteiger partial charge is 0.267 e. The molecule has 94 valence electrons. The largest absolute Gasteiger partial charge is 0.335 e. The van der Waals surface area contributed by atoms with Gasteiger partial charge in [-0.15, -0.1) is 0 Å². The van der Waals surface area contributed by atoms with Gasteiger partial charge in [-0.05, 0) is 19.4 Å². The van der Waals surface area contributed by atoms with E-state index < -0.39 is 18.5 Å². The number of halogens is 2. The molecule has 1 heterocycles. The molecule has 4 N–H and O–H groups in total. The number of alkyl halides is 2. The van der Waals surface area contributed by atoms with Crippen molar-refractivity contribution in [3.8, 4) is 0 Å². The van der Waals surface area contributed by atoms with E-state index in [2.05, 4.69) is 0 Å². The fourth-order valence-electron chi connectivity index (χ4n) is 1.79. The molecule has 0 saturated carbocycles. The second-order valence-electron chi connectivity index (χ2n) is 4.26. The van der Waals surface area contributed by atoms with Crippen molar-refractivity contribution in [2.75, 3.05) is 19.6 Å². The molecule has 1 amide bonds. The van der Waals surface area contributed by atoms with Gasteiger partial charge in [0.25, 0.3) is 5.92 Å². The second-order valence-corrected chi connectivity index (χ2v) is 4.26. The molecule has 0 aliphatic carbocycles. The highest BCUT2D eigenvalue weighted by molar-refractivity contribution is 5.81. The maximum Gasteiger partial charge on any atom is 0.267 e. The van der Waals surface area contributed by atoms with Gasteiger partial charge in [-0.25, -0.2) is 8.78 Å². The van der Waals surface area contributed by atoms with E-state index in [1.807, 2.05) is 0 Å². The van der Waals surface area contributed by atoms with Gasteiger partial charge in [0.1, 0.15) is 0 Å². The van der Waals surface area contributed by atoms with Crippen LogP contribution in [0.1, 0.15) is 25.7 Å². The third-order valence-electron chi connectivity index (χ3n) is 2.77. The minimum atomic E-state index is -2.74. The lowest BCUT2D eigenvalue weighted by Gasteiger charge is -2.20. The molecule has 0 aromatic rings. The van der Waals surface area contributed by atoms with Crippen molar-refractivity contribution < 1.29 is 13.6 Å². The van der Waals surface area contributed by atoms with E-state index in [1.165, 1.54) is 0 Å². The van der Waals surface area contributed by atoms with Crippen LogP contribution in [0.3, 0.4) is 0 Å². The summed E-state index contributed by atoms with van der Waals surface area (Å²) in [4.78, 5) is 12.8. The molecule has 1 aliphatic heterocycles. The van der Waals surface area contributed by atoms with Crippen LogP contribution >= 0.6 is 0 Å². The van der Waals surface area contributed by atoms with Gasteiger partial charge < -0.3 is 16.4 Å². The van der Waals surface area contributed by atoms with Crippen molar-refractivity contribution in [1.82, 2.24) is 4.90 Å². The van der Waals surface area contributed by atoms with Gasteiger partial charge in [0.2, 0.25) is 5.91 Å². The molecule has 0 aromatic carbocycles. The molecule has 0 spiro atoms. The average molecular weight is 235 g/mol. The SMILES string of the molecule is NCCCCC(N)C(=O)N1CCC(F)(F)C1. The van der Waals surface area contributed by atoms with Gasteiger partial charge in [-0.1, -0.05) is 6.42 Å². The molecule has 0 bridgehead atoms. The molecular formula is C10H19F2N3O. The number of rotatable bonds is 5. The molecule has 1 fully saturated rings. The molecule has 6 heteroatoms. The summed E-state index contributed by atoms with van der Waals surface area (Å²) in [5.41, 5.74) is 11.0. The molecule has 0 aromatic heterocycles. The quantitative estimate of drug-likeness (QED) is 0.674. The van der Waals surface area contributed by atoms with E-state index in [1.54, 1.807) is 0 Å². The van der Waals surface area contributed by atoms with E-state index in [0.717, 1.165) is 17.7 Å². The van der Waals surface area contributed by atoms with Crippen molar-refractivity contribution in [2.45, 2.75) is 37.6 Å². The van der Waals surface area contributed by atoms with Crippen molar-refractivity contribution in [3.63, 3.8) is 0 Å². The first-order valence-electron chi connectivity index (χ1n) is 5.58. The molecule has 0 radical (unpaired) electrons. The van der Waals surface area contributed by atoms with Crippen LogP contribution in [0.2, 0.25) is 0 Å². The van der Waals surface area contributed by atoms with Gasteiger partial charge in [0.05, 0.1) is 12.6 Å². The Kier molecular flexibility index (Phi) is 4.61. The number of nitrogens with two attached hydrogens (primary N) is 2. The van der Waals surface area contributed by atoms with Crippen molar-refractivity contribution in [1.29, 1.82) is 0 Å². The van der Waals surface area contributed by atoms with E-state index in [4.69, 9.17) is 11.5 Å². The Balaban J connectivity index is 2.34.